The van der Waals surface area contributed by atoms with Gasteiger partial charge in [0.2, 0.25) is 0 Å². The van der Waals surface area contributed by atoms with Gasteiger partial charge >= 0.3 is 0 Å². The molecule has 35 heavy (non-hydrogen) atoms. The van der Waals surface area contributed by atoms with Crippen molar-refractivity contribution in [3.05, 3.63) is 0 Å². The average Bonchev–Trinajstić information content (AvgIpc) is 2.85. The lowest BCUT2D eigenvalue weighted by Crippen LogP contribution is -2.64. The second-order valence-electron chi connectivity index (χ2n) is 9.71. The van der Waals surface area contributed by atoms with Crippen molar-refractivity contribution in [2.45, 2.75) is 139 Å². The van der Waals surface area contributed by atoms with E-state index in [4.69, 9.17) is 18.9 Å². The molecule has 0 aromatic carbocycles. The quantitative estimate of drug-likeness (QED) is 0.142. The third kappa shape index (κ3) is 8.82. The molecule has 0 radical (unpaired) electrons. The molecule has 11 heteroatoms. The number of hydrogen-bond acceptors (Lipinski definition) is 11. The zero-order chi connectivity index (χ0) is 26.0. The van der Waals surface area contributed by atoms with E-state index in [1.807, 2.05) is 6.92 Å². The molecule has 0 amide bonds. The summed E-state index contributed by atoms with van der Waals surface area (Å²) in [6.07, 6.45) is -4.40. The van der Waals surface area contributed by atoms with E-state index in [2.05, 4.69) is 6.92 Å². The van der Waals surface area contributed by atoms with Crippen LogP contribution < -0.4 is 0 Å². The first-order valence-electron chi connectivity index (χ1n) is 13.0. The Balaban J connectivity index is 1.84. The van der Waals surface area contributed by atoms with E-state index in [-0.39, 0.29) is 6.10 Å². The Kier molecular flexibility index (Phi) is 13.8. The van der Waals surface area contributed by atoms with Gasteiger partial charge in [-0.15, -0.1) is 0 Å². The van der Waals surface area contributed by atoms with E-state index >= 15 is 0 Å². The minimum Gasteiger partial charge on any atom is -0.394 e. The van der Waals surface area contributed by atoms with Crippen molar-refractivity contribution in [3.63, 3.8) is 0 Å². The van der Waals surface area contributed by atoms with Gasteiger partial charge in [-0.2, -0.15) is 0 Å². The van der Waals surface area contributed by atoms with E-state index in [0.717, 1.165) is 19.3 Å². The Morgan fingerprint density at radius 2 is 1.20 bits per heavy atom. The van der Waals surface area contributed by atoms with Crippen molar-refractivity contribution < 1.29 is 54.7 Å². The summed E-state index contributed by atoms with van der Waals surface area (Å²) < 4.78 is 22.3. The first-order chi connectivity index (χ1) is 16.7. The Morgan fingerprint density at radius 3 is 1.80 bits per heavy atom. The summed E-state index contributed by atoms with van der Waals surface area (Å²) in [5.74, 6) is 0. The summed E-state index contributed by atoms with van der Waals surface area (Å²) in [7, 11) is 0. The molecule has 2 heterocycles. The Bertz CT molecular complexity index is 564. The van der Waals surface area contributed by atoms with Crippen LogP contribution in [0.5, 0.6) is 0 Å². The van der Waals surface area contributed by atoms with Crippen LogP contribution in [0.4, 0.5) is 0 Å². The van der Waals surface area contributed by atoms with Crippen LogP contribution >= 0.6 is 0 Å². The summed E-state index contributed by atoms with van der Waals surface area (Å²) in [4.78, 5) is 0. The number of aliphatic hydroxyl groups is 7. The average molecular weight is 511 g/mol. The molecule has 0 spiro atoms. The topological polar surface area (TPSA) is 179 Å². The Labute approximate surface area is 207 Å². The summed E-state index contributed by atoms with van der Waals surface area (Å²) in [6, 6.07) is 0. The fraction of sp³-hybridized carbons (Fsp3) is 1.00. The highest BCUT2D eigenvalue weighted by Crippen LogP contribution is 2.30. The molecule has 2 saturated heterocycles. The van der Waals surface area contributed by atoms with E-state index < -0.39 is 74.6 Å². The highest BCUT2D eigenvalue weighted by atomic mass is 16.7. The maximum Gasteiger partial charge on any atom is 0.187 e. The summed E-state index contributed by atoms with van der Waals surface area (Å²) >= 11 is 0. The van der Waals surface area contributed by atoms with Crippen molar-refractivity contribution in [1.29, 1.82) is 0 Å². The van der Waals surface area contributed by atoms with Gasteiger partial charge in [0.05, 0.1) is 19.3 Å². The first kappa shape index (κ1) is 30.8. The third-order valence-corrected chi connectivity index (χ3v) is 6.79. The molecular formula is C24H46O11. The maximum absolute atomic E-state index is 10.7. The molecule has 7 N–H and O–H groups in total. The zero-order valence-corrected chi connectivity index (χ0v) is 20.9. The molecule has 11 nitrogen and oxygen atoms in total. The van der Waals surface area contributed by atoms with Crippen molar-refractivity contribution in [3.8, 4) is 0 Å². The third-order valence-electron chi connectivity index (χ3n) is 6.79. The standard InChI is InChI=1S/C24H46O11/c1-3-4-5-6-7-8-9-10-11-14(2)32-23-21(31)19(29)22(16(13-26)34-23)35-24-20(30)18(28)17(27)15(12-25)33-24/h14-31H,3-13H2,1-2H3/t14?,15-,16-,17-,18+,19-,20-,21-,22-,23-,24-/m1/s1. The van der Waals surface area contributed by atoms with Gasteiger partial charge in [-0.1, -0.05) is 58.3 Å². The number of rotatable bonds is 15. The van der Waals surface area contributed by atoms with Crippen molar-refractivity contribution in [2.24, 2.45) is 0 Å². The second-order valence-corrected chi connectivity index (χ2v) is 9.71. The van der Waals surface area contributed by atoms with Crippen LogP contribution in [0.1, 0.15) is 71.6 Å². The fourth-order valence-corrected chi connectivity index (χ4v) is 4.53. The lowest BCUT2D eigenvalue weighted by Gasteiger charge is -2.46. The molecule has 1 unspecified atom stereocenters. The molecule has 0 aromatic rings. The number of ether oxygens (including phenoxy) is 4. The molecule has 2 aliphatic rings. The SMILES string of the molecule is CCCCCCCCCCC(C)O[C@@H]1O[C@H](CO)[C@@H](O[C@H]2O[C@H](CO)[C@@H](O)[C@H](O)[C@H]2O)[C@H](O)[C@H]1O. The van der Waals surface area contributed by atoms with Crippen molar-refractivity contribution >= 4 is 0 Å². The minimum atomic E-state index is -1.70. The normalized spacial score (nSPS) is 39.0. The number of hydrogen-bond donors (Lipinski definition) is 7. The molecule has 0 aromatic heterocycles. The van der Waals surface area contributed by atoms with Crippen LogP contribution in [0.15, 0.2) is 0 Å². The van der Waals surface area contributed by atoms with Gasteiger partial charge < -0.3 is 54.7 Å². The molecule has 2 rings (SSSR count). The van der Waals surface area contributed by atoms with E-state index in [9.17, 15) is 35.7 Å². The van der Waals surface area contributed by atoms with Gasteiger partial charge in [0.15, 0.2) is 12.6 Å². The summed E-state index contributed by atoms with van der Waals surface area (Å²) in [6.45, 7) is 2.82. The van der Waals surface area contributed by atoms with Crippen LogP contribution in [0, 0.1) is 0 Å². The van der Waals surface area contributed by atoms with Gasteiger partial charge in [-0.3, -0.25) is 0 Å². The number of unbranched alkanes of at least 4 members (excludes halogenated alkanes) is 7. The van der Waals surface area contributed by atoms with Crippen molar-refractivity contribution in [1.82, 2.24) is 0 Å². The maximum atomic E-state index is 10.7. The van der Waals surface area contributed by atoms with Gasteiger partial charge in [-0.25, -0.2) is 0 Å². The predicted octanol–water partition coefficient (Wildman–Crippen LogP) is -0.454. The molecule has 0 bridgehead atoms. The molecule has 0 aliphatic carbocycles. The minimum absolute atomic E-state index is 0.246. The van der Waals surface area contributed by atoms with Crippen LogP contribution in [0.3, 0.4) is 0 Å². The van der Waals surface area contributed by atoms with Crippen LogP contribution in [-0.4, -0.2) is 116 Å². The lowest BCUT2D eigenvalue weighted by molar-refractivity contribution is -0.362. The molecule has 208 valence electrons. The summed E-state index contributed by atoms with van der Waals surface area (Å²) in [5.41, 5.74) is 0. The molecule has 0 saturated carbocycles. The van der Waals surface area contributed by atoms with Crippen LogP contribution in [0.25, 0.3) is 0 Å². The van der Waals surface area contributed by atoms with E-state index in [1.165, 1.54) is 38.5 Å². The van der Waals surface area contributed by atoms with Gasteiger partial charge in [0.25, 0.3) is 0 Å². The smallest absolute Gasteiger partial charge is 0.187 e. The van der Waals surface area contributed by atoms with Gasteiger partial charge in [-0.05, 0) is 13.3 Å². The molecular weight excluding hydrogens is 464 g/mol. The molecule has 2 fully saturated rings. The lowest BCUT2D eigenvalue weighted by atomic mass is 9.97. The highest BCUT2D eigenvalue weighted by molar-refractivity contribution is 4.94. The first-order valence-corrected chi connectivity index (χ1v) is 13.0. The van der Waals surface area contributed by atoms with Crippen LogP contribution in [0.2, 0.25) is 0 Å². The highest BCUT2D eigenvalue weighted by Gasteiger charge is 2.50. The van der Waals surface area contributed by atoms with Gasteiger partial charge in [0, 0.05) is 0 Å². The zero-order valence-electron chi connectivity index (χ0n) is 20.9. The fourth-order valence-electron chi connectivity index (χ4n) is 4.53. The van der Waals surface area contributed by atoms with Crippen molar-refractivity contribution in [2.75, 3.05) is 13.2 Å². The largest absolute Gasteiger partial charge is 0.394 e. The predicted molar refractivity (Wildman–Crippen MR) is 124 cm³/mol. The Morgan fingerprint density at radius 1 is 0.657 bits per heavy atom. The van der Waals surface area contributed by atoms with E-state index in [0.29, 0.717) is 0 Å². The molecule has 11 atom stereocenters. The monoisotopic (exact) mass is 510 g/mol. The summed E-state index contributed by atoms with van der Waals surface area (Å²) in [5, 5.41) is 70.4. The van der Waals surface area contributed by atoms with Gasteiger partial charge in [0.1, 0.15) is 48.8 Å². The number of aliphatic hydroxyl groups excluding tert-OH is 7. The van der Waals surface area contributed by atoms with Crippen LogP contribution in [-0.2, 0) is 18.9 Å². The molecule has 2 aliphatic heterocycles. The van der Waals surface area contributed by atoms with E-state index in [1.54, 1.807) is 0 Å². The Hall–Kier alpha value is -0.440. The second kappa shape index (κ2) is 15.7.